The van der Waals surface area contributed by atoms with Crippen LogP contribution in [0.5, 0.6) is 0 Å². The Balaban J connectivity index is 1.31. The number of hydrogen-bond acceptors (Lipinski definition) is 6. The highest BCUT2D eigenvalue weighted by atomic mass is 19.3. The lowest BCUT2D eigenvalue weighted by molar-refractivity contribution is -0.0115. The molecule has 1 aliphatic carbocycles. The van der Waals surface area contributed by atoms with Crippen molar-refractivity contribution in [3.05, 3.63) is 48.5 Å². The number of piperidine rings is 1. The summed E-state index contributed by atoms with van der Waals surface area (Å²) in [6, 6.07) is 6.98. The second-order valence-corrected chi connectivity index (χ2v) is 10.1. The monoisotopic (exact) mass is 495 g/mol. The van der Waals surface area contributed by atoms with Gasteiger partial charge >= 0.3 is 0 Å². The molecule has 1 N–H and O–H groups in total. The molecule has 36 heavy (non-hydrogen) atoms. The van der Waals surface area contributed by atoms with Crippen LogP contribution in [0.15, 0.2) is 42.9 Å². The average Bonchev–Trinajstić information content (AvgIpc) is 3.27. The van der Waals surface area contributed by atoms with E-state index in [4.69, 9.17) is 0 Å². The van der Waals surface area contributed by atoms with Crippen LogP contribution < -0.4 is 5.32 Å². The summed E-state index contributed by atoms with van der Waals surface area (Å²) >= 11 is 0. The quantitative estimate of drug-likeness (QED) is 0.410. The second kappa shape index (κ2) is 8.99. The van der Waals surface area contributed by atoms with Crippen LogP contribution in [0.1, 0.15) is 38.3 Å². The van der Waals surface area contributed by atoms with Crippen molar-refractivity contribution >= 4 is 22.5 Å². The summed E-state index contributed by atoms with van der Waals surface area (Å²) in [6.45, 7) is 3.36. The third-order valence-corrected chi connectivity index (χ3v) is 7.76. The Kier molecular flexibility index (Phi) is 5.78. The Hall–Kier alpha value is -3.27. The van der Waals surface area contributed by atoms with E-state index in [2.05, 4.69) is 37.2 Å². The van der Waals surface area contributed by atoms with Gasteiger partial charge in [-0.15, -0.1) is 5.10 Å². The van der Waals surface area contributed by atoms with Crippen LogP contribution in [-0.4, -0.2) is 66.7 Å². The number of anilines is 1. The van der Waals surface area contributed by atoms with Crippen LogP contribution in [-0.2, 0) is 6.42 Å². The molecule has 2 atom stereocenters. The molecule has 1 saturated heterocycles. The summed E-state index contributed by atoms with van der Waals surface area (Å²) in [5.41, 5.74) is 3.83. The molecular weight excluding hydrogens is 467 g/mol. The lowest BCUT2D eigenvalue weighted by Gasteiger charge is -2.51. The van der Waals surface area contributed by atoms with Gasteiger partial charge in [-0.1, -0.05) is 6.07 Å². The minimum Gasteiger partial charge on any atom is -0.347 e. The van der Waals surface area contributed by atoms with Gasteiger partial charge in [0.1, 0.15) is 6.17 Å². The zero-order valence-corrected chi connectivity index (χ0v) is 20.0. The van der Waals surface area contributed by atoms with E-state index in [1.807, 2.05) is 24.3 Å². The zero-order chi connectivity index (χ0) is 24.9. The number of aromatic nitrogens is 5. The predicted octanol–water partition coefficient (Wildman–Crippen LogP) is 4.91. The topological polar surface area (TPSA) is 71.2 Å². The first kappa shape index (κ1) is 23.1. The van der Waals surface area contributed by atoms with Crippen molar-refractivity contribution in [1.82, 2.24) is 29.5 Å². The molecule has 2 unspecified atom stereocenters. The van der Waals surface area contributed by atoms with E-state index in [1.54, 1.807) is 23.1 Å². The predicted molar refractivity (Wildman–Crippen MR) is 132 cm³/mol. The average molecular weight is 496 g/mol. The number of rotatable bonds is 6. The van der Waals surface area contributed by atoms with Crippen LogP contribution in [0.4, 0.5) is 19.1 Å². The number of fused-ring (bicyclic) bond motifs is 2. The van der Waals surface area contributed by atoms with E-state index in [0.717, 1.165) is 36.0 Å². The highest BCUT2D eigenvalue weighted by Gasteiger charge is 2.42. The summed E-state index contributed by atoms with van der Waals surface area (Å²) in [5.74, 6) is 0.167. The van der Waals surface area contributed by atoms with Crippen molar-refractivity contribution in [1.29, 1.82) is 0 Å². The van der Waals surface area contributed by atoms with Crippen LogP contribution in [0.3, 0.4) is 0 Å². The van der Waals surface area contributed by atoms with Crippen LogP contribution in [0.25, 0.3) is 27.7 Å². The van der Waals surface area contributed by atoms with Crippen molar-refractivity contribution < 1.29 is 13.2 Å². The summed E-state index contributed by atoms with van der Waals surface area (Å²) in [6.07, 6.45) is 4.77. The maximum atomic E-state index is 15.2. The molecule has 188 valence electrons. The van der Waals surface area contributed by atoms with Gasteiger partial charge in [-0.05, 0) is 56.4 Å². The fourth-order valence-corrected chi connectivity index (χ4v) is 5.54. The minimum atomic E-state index is -2.58. The number of benzene rings is 1. The van der Waals surface area contributed by atoms with Crippen molar-refractivity contribution in [2.45, 2.75) is 63.2 Å². The van der Waals surface area contributed by atoms with Crippen LogP contribution in [0.2, 0.25) is 0 Å². The maximum absolute atomic E-state index is 15.2. The third-order valence-electron chi connectivity index (χ3n) is 7.76. The smallest absolute Gasteiger partial charge is 0.244 e. The molecule has 0 radical (unpaired) electrons. The van der Waals surface area contributed by atoms with Gasteiger partial charge in [-0.3, -0.25) is 14.9 Å². The van der Waals surface area contributed by atoms with E-state index in [-0.39, 0.29) is 17.2 Å². The van der Waals surface area contributed by atoms with E-state index < -0.39 is 25.1 Å². The molecule has 0 amide bonds. The molecule has 4 heterocycles. The van der Waals surface area contributed by atoms with Crippen molar-refractivity contribution in [2.24, 2.45) is 0 Å². The molecule has 0 bridgehead atoms. The Morgan fingerprint density at radius 3 is 2.67 bits per heavy atom. The van der Waals surface area contributed by atoms with Crippen molar-refractivity contribution in [2.75, 3.05) is 18.4 Å². The van der Waals surface area contributed by atoms with Gasteiger partial charge in [0.25, 0.3) is 0 Å². The van der Waals surface area contributed by atoms with Gasteiger partial charge in [-0.25, -0.2) is 22.7 Å². The molecule has 7 nitrogen and oxygen atoms in total. The molecule has 0 spiro atoms. The Bertz CT molecular complexity index is 1400. The van der Waals surface area contributed by atoms with Gasteiger partial charge in [0, 0.05) is 42.8 Å². The first-order valence-electron chi connectivity index (χ1n) is 12.4. The summed E-state index contributed by atoms with van der Waals surface area (Å²) in [4.78, 5) is 15.3. The van der Waals surface area contributed by atoms with Gasteiger partial charge < -0.3 is 5.32 Å². The maximum Gasteiger partial charge on any atom is 0.244 e. The lowest BCUT2D eigenvalue weighted by Crippen LogP contribution is -2.59. The molecule has 1 aliphatic heterocycles. The van der Waals surface area contributed by atoms with Gasteiger partial charge in [0.05, 0.1) is 34.7 Å². The number of halogens is 3. The van der Waals surface area contributed by atoms with Gasteiger partial charge in [0.15, 0.2) is 0 Å². The highest BCUT2D eigenvalue weighted by molar-refractivity contribution is 5.88. The van der Waals surface area contributed by atoms with E-state index in [9.17, 15) is 8.78 Å². The lowest BCUT2D eigenvalue weighted by atomic mass is 9.76. The Labute approximate surface area is 206 Å². The Morgan fingerprint density at radius 1 is 1.14 bits per heavy atom. The molecule has 6 rings (SSSR count). The number of likely N-dealkylation sites (tertiary alicyclic amines) is 1. The van der Waals surface area contributed by atoms with E-state index in [1.165, 1.54) is 6.42 Å². The molecule has 10 heteroatoms. The van der Waals surface area contributed by atoms with Gasteiger partial charge in [0.2, 0.25) is 12.4 Å². The standard InChI is InChI=1S/C26H28F3N7/c1-26(7-2-8-26)35-11-6-19(18(27)15-35)32-25-33-22(14-23(28)29)24-17(5-12-36(24)34-25)16-3-4-20-21(13-16)31-10-9-30-20/h3-5,9-10,12-13,18-19,23H,2,6-8,11,14-15H2,1H3,(H,32,34). The second-order valence-electron chi connectivity index (χ2n) is 10.1. The fourth-order valence-electron chi connectivity index (χ4n) is 5.54. The number of nitrogens with zero attached hydrogens (tertiary/aromatic N) is 6. The largest absolute Gasteiger partial charge is 0.347 e. The molecule has 1 aromatic carbocycles. The molecule has 4 aromatic rings. The first-order valence-corrected chi connectivity index (χ1v) is 12.4. The molecule has 2 aliphatic rings. The number of hydrogen-bond donors (Lipinski definition) is 1. The first-order chi connectivity index (χ1) is 17.4. The molecule has 1 saturated carbocycles. The Morgan fingerprint density at radius 2 is 1.94 bits per heavy atom. The van der Waals surface area contributed by atoms with E-state index in [0.29, 0.717) is 24.0 Å². The normalized spacial score (nSPS) is 22.2. The number of nitrogens with one attached hydrogen (secondary N) is 1. The van der Waals surface area contributed by atoms with Crippen LogP contribution >= 0.6 is 0 Å². The summed E-state index contributed by atoms with van der Waals surface area (Å²) < 4.78 is 43.9. The fraction of sp³-hybridized carbons (Fsp3) is 0.462. The zero-order valence-electron chi connectivity index (χ0n) is 20.0. The minimum absolute atomic E-state index is 0.102. The summed E-state index contributed by atoms with van der Waals surface area (Å²) in [5, 5.41) is 7.63. The molecule has 2 fully saturated rings. The van der Waals surface area contributed by atoms with Crippen LogP contribution in [0, 0.1) is 0 Å². The van der Waals surface area contributed by atoms with Crippen molar-refractivity contribution in [3.63, 3.8) is 0 Å². The third kappa shape index (κ3) is 4.17. The SMILES string of the molecule is CC1(N2CCC(Nc3nc(CC(F)F)c4c(-c5ccc6nccnc6c5)ccn4n3)C(F)C2)CCC1. The molecule has 3 aromatic heterocycles. The number of alkyl halides is 3. The van der Waals surface area contributed by atoms with E-state index >= 15 is 4.39 Å². The molecular formula is C26H28F3N7. The summed E-state index contributed by atoms with van der Waals surface area (Å²) in [7, 11) is 0. The van der Waals surface area contributed by atoms with Gasteiger partial charge in [-0.2, -0.15) is 0 Å². The van der Waals surface area contributed by atoms with Crippen molar-refractivity contribution in [3.8, 4) is 11.1 Å². The highest BCUT2D eigenvalue weighted by Crippen LogP contribution is 2.39.